The summed E-state index contributed by atoms with van der Waals surface area (Å²) in [5.41, 5.74) is 2.65. The van der Waals surface area contributed by atoms with Crippen LogP contribution in [0.2, 0.25) is 0 Å². The molecule has 16 heavy (non-hydrogen) atoms. The summed E-state index contributed by atoms with van der Waals surface area (Å²) in [5.74, 6) is 0.530. The van der Waals surface area contributed by atoms with Crippen LogP contribution < -0.4 is 0 Å². The summed E-state index contributed by atoms with van der Waals surface area (Å²) in [6.45, 7) is 10.7. The monoisotopic (exact) mass is 222 g/mol. The number of rotatable bonds is 0. The number of hydrogen-bond donors (Lipinski definition) is 0. The van der Waals surface area contributed by atoms with Crippen LogP contribution >= 0.6 is 0 Å². The Kier molecular flexibility index (Phi) is 4.12. The van der Waals surface area contributed by atoms with Gasteiger partial charge in [-0.05, 0) is 47.4 Å². The summed E-state index contributed by atoms with van der Waals surface area (Å²) in [6.07, 6.45) is 2.31. The van der Waals surface area contributed by atoms with Crippen LogP contribution in [0, 0.1) is 11.7 Å². The van der Waals surface area contributed by atoms with Gasteiger partial charge in [-0.2, -0.15) is 0 Å². The average Bonchev–Trinajstić information content (AvgIpc) is 2.28. The summed E-state index contributed by atoms with van der Waals surface area (Å²) < 4.78 is 13.2. The second-order valence-corrected chi connectivity index (χ2v) is 4.96. The molecule has 0 saturated heterocycles. The van der Waals surface area contributed by atoms with E-state index in [9.17, 15) is 4.39 Å². The highest BCUT2D eigenvalue weighted by molar-refractivity contribution is 5.36. The Bertz CT molecular complexity index is 352. The molecule has 0 radical (unpaired) electrons. The van der Waals surface area contributed by atoms with Gasteiger partial charge in [0.1, 0.15) is 5.82 Å². The van der Waals surface area contributed by atoms with Gasteiger partial charge in [0.2, 0.25) is 0 Å². The van der Waals surface area contributed by atoms with Crippen LogP contribution in [-0.4, -0.2) is 0 Å². The van der Waals surface area contributed by atoms with E-state index in [0.717, 1.165) is 6.42 Å². The predicted molar refractivity (Wildman–Crippen MR) is 68.3 cm³/mol. The zero-order valence-corrected chi connectivity index (χ0v) is 11.1. The van der Waals surface area contributed by atoms with Crippen molar-refractivity contribution in [3.8, 4) is 0 Å². The summed E-state index contributed by atoms with van der Waals surface area (Å²) in [5, 5.41) is 0. The molecule has 1 atom stereocenters. The topological polar surface area (TPSA) is 0 Å². The molecule has 0 bridgehead atoms. The fraction of sp³-hybridized carbons (Fsp3) is 0.600. The lowest BCUT2D eigenvalue weighted by molar-refractivity contribution is 0.301. The van der Waals surface area contributed by atoms with Gasteiger partial charge < -0.3 is 0 Å². The summed E-state index contributed by atoms with van der Waals surface area (Å²) >= 11 is 0. The van der Waals surface area contributed by atoms with Crippen LogP contribution in [0.5, 0.6) is 0 Å². The molecule has 0 spiro atoms. The van der Waals surface area contributed by atoms with Gasteiger partial charge in [0, 0.05) is 0 Å². The normalized spacial score (nSPS) is 21.8. The van der Waals surface area contributed by atoms with E-state index in [-0.39, 0.29) is 11.2 Å². The number of hydrogen-bond acceptors (Lipinski definition) is 0. The third-order valence-corrected chi connectivity index (χ3v) is 3.84. The molecule has 0 N–H and O–H groups in total. The Morgan fingerprint density at radius 2 is 1.88 bits per heavy atom. The average molecular weight is 222 g/mol. The molecule has 0 saturated carbocycles. The minimum absolute atomic E-state index is 0.106. The minimum atomic E-state index is -0.106. The summed E-state index contributed by atoms with van der Waals surface area (Å²) in [4.78, 5) is 0. The first kappa shape index (κ1) is 13.2. The van der Waals surface area contributed by atoms with Crippen molar-refractivity contribution in [3.63, 3.8) is 0 Å². The van der Waals surface area contributed by atoms with E-state index in [4.69, 9.17) is 0 Å². The molecule has 0 amide bonds. The number of benzene rings is 1. The molecule has 1 aromatic rings. The molecular weight excluding hydrogens is 199 g/mol. The maximum absolute atomic E-state index is 13.2. The van der Waals surface area contributed by atoms with Gasteiger partial charge in [0.25, 0.3) is 0 Å². The Morgan fingerprint density at radius 1 is 1.25 bits per heavy atom. The van der Waals surface area contributed by atoms with E-state index in [1.54, 1.807) is 12.1 Å². The first-order valence-electron chi connectivity index (χ1n) is 6.30. The van der Waals surface area contributed by atoms with Crippen molar-refractivity contribution >= 4 is 0 Å². The Balaban J connectivity index is 0.000000606. The van der Waals surface area contributed by atoms with Gasteiger partial charge in [-0.15, -0.1) is 0 Å². The van der Waals surface area contributed by atoms with E-state index < -0.39 is 0 Å². The molecule has 90 valence electrons. The molecule has 0 heterocycles. The Hall–Kier alpha value is -0.850. The molecule has 1 aliphatic rings. The minimum Gasteiger partial charge on any atom is -0.207 e. The summed E-state index contributed by atoms with van der Waals surface area (Å²) in [7, 11) is 0. The van der Waals surface area contributed by atoms with Crippen molar-refractivity contribution < 1.29 is 4.39 Å². The van der Waals surface area contributed by atoms with Crippen LogP contribution in [-0.2, 0) is 11.8 Å². The fourth-order valence-corrected chi connectivity index (χ4v) is 2.36. The van der Waals surface area contributed by atoms with Gasteiger partial charge in [-0.25, -0.2) is 4.39 Å². The number of aryl methyl sites for hydroxylation is 1. The number of halogens is 1. The lowest BCUT2D eigenvalue weighted by atomic mass is 9.66. The van der Waals surface area contributed by atoms with Gasteiger partial charge in [0.05, 0.1) is 0 Å². The van der Waals surface area contributed by atoms with Crippen LogP contribution in [0.4, 0.5) is 4.39 Å². The third-order valence-electron chi connectivity index (χ3n) is 3.84. The molecular formula is C15H23F. The second kappa shape index (κ2) is 4.99. The summed E-state index contributed by atoms with van der Waals surface area (Å²) in [6, 6.07) is 5.23. The highest BCUT2D eigenvalue weighted by atomic mass is 19.1. The van der Waals surface area contributed by atoms with Crippen molar-refractivity contribution in [3.05, 3.63) is 35.1 Å². The van der Waals surface area contributed by atoms with Crippen molar-refractivity contribution in [2.75, 3.05) is 0 Å². The lowest BCUT2D eigenvalue weighted by Gasteiger charge is -2.38. The number of fused-ring (bicyclic) bond motifs is 1. The SMILES string of the molecule is CC.CC1CCc2ccc(F)cc2C1(C)C. The largest absolute Gasteiger partial charge is 0.207 e. The highest BCUT2D eigenvalue weighted by Crippen LogP contribution is 2.40. The lowest BCUT2D eigenvalue weighted by Crippen LogP contribution is -2.32. The molecule has 1 aromatic carbocycles. The zero-order chi connectivity index (χ0) is 12.3. The first-order valence-corrected chi connectivity index (χ1v) is 6.30. The van der Waals surface area contributed by atoms with E-state index in [0.29, 0.717) is 5.92 Å². The fourth-order valence-electron chi connectivity index (χ4n) is 2.36. The smallest absolute Gasteiger partial charge is 0.123 e. The van der Waals surface area contributed by atoms with Crippen molar-refractivity contribution in [1.82, 2.24) is 0 Å². The third kappa shape index (κ3) is 2.28. The van der Waals surface area contributed by atoms with Gasteiger partial charge >= 0.3 is 0 Å². The maximum Gasteiger partial charge on any atom is 0.123 e. The van der Waals surface area contributed by atoms with E-state index >= 15 is 0 Å². The molecule has 1 heteroatoms. The zero-order valence-electron chi connectivity index (χ0n) is 11.1. The molecule has 1 aliphatic carbocycles. The Labute approximate surface area is 98.9 Å². The molecule has 1 unspecified atom stereocenters. The predicted octanol–water partition coefficient (Wildman–Crippen LogP) is 4.71. The molecule has 0 aromatic heterocycles. The van der Waals surface area contributed by atoms with E-state index in [2.05, 4.69) is 20.8 Å². The first-order chi connectivity index (χ1) is 7.51. The van der Waals surface area contributed by atoms with Crippen LogP contribution in [0.3, 0.4) is 0 Å². The van der Waals surface area contributed by atoms with Crippen molar-refractivity contribution in [2.45, 2.75) is 52.9 Å². The quantitative estimate of drug-likeness (QED) is 0.596. The van der Waals surface area contributed by atoms with Crippen LogP contribution in [0.15, 0.2) is 18.2 Å². The van der Waals surface area contributed by atoms with Gasteiger partial charge in [-0.3, -0.25) is 0 Å². The van der Waals surface area contributed by atoms with E-state index in [1.807, 2.05) is 19.9 Å². The van der Waals surface area contributed by atoms with E-state index in [1.165, 1.54) is 17.5 Å². The van der Waals surface area contributed by atoms with Gasteiger partial charge in [0.15, 0.2) is 0 Å². The Morgan fingerprint density at radius 3 is 2.50 bits per heavy atom. The second-order valence-electron chi connectivity index (χ2n) is 4.96. The van der Waals surface area contributed by atoms with Crippen molar-refractivity contribution in [2.24, 2.45) is 5.92 Å². The standard InChI is InChI=1S/C13H17F.C2H6/c1-9-4-5-10-6-7-11(14)8-12(10)13(9,2)3;1-2/h6-9H,4-5H2,1-3H3;1-2H3. The van der Waals surface area contributed by atoms with Gasteiger partial charge in [-0.1, -0.05) is 40.7 Å². The molecule has 0 aliphatic heterocycles. The van der Waals surface area contributed by atoms with Crippen molar-refractivity contribution in [1.29, 1.82) is 0 Å². The highest BCUT2D eigenvalue weighted by Gasteiger charge is 2.33. The molecule has 0 fully saturated rings. The molecule has 2 rings (SSSR count). The maximum atomic E-state index is 13.2. The molecule has 0 nitrogen and oxygen atoms in total. The van der Waals surface area contributed by atoms with Crippen LogP contribution in [0.25, 0.3) is 0 Å². The van der Waals surface area contributed by atoms with Crippen LogP contribution in [0.1, 0.15) is 52.2 Å².